The molecular formula is C59H114O6. The molecule has 0 aliphatic rings. The number of carbonyl (C=O) groups excluding carboxylic acids is 3. The molecule has 386 valence electrons. The van der Waals surface area contributed by atoms with E-state index in [1.807, 2.05) is 0 Å². The molecule has 0 N–H and O–H groups in total. The van der Waals surface area contributed by atoms with Crippen molar-refractivity contribution in [3.63, 3.8) is 0 Å². The lowest BCUT2D eigenvalue weighted by molar-refractivity contribution is -0.167. The highest BCUT2D eigenvalue weighted by molar-refractivity contribution is 5.71. The van der Waals surface area contributed by atoms with Crippen LogP contribution < -0.4 is 0 Å². The third-order valence-corrected chi connectivity index (χ3v) is 13.8. The number of unbranched alkanes of at least 4 members (excludes halogenated alkanes) is 37. The molecule has 0 aromatic carbocycles. The predicted molar refractivity (Wildman–Crippen MR) is 280 cm³/mol. The van der Waals surface area contributed by atoms with Crippen LogP contribution in [0.15, 0.2) is 0 Å². The molecule has 0 aliphatic carbocycles. The van der Waals surface area contributed by atoms with Crippen molar-refractivity contribution < 1.29 is 28.6 Å². The van der Waals surface area contributed by atoms with E-state index < -0.39 is 6.10 Å². The molecule has 0 amide bonds. The van der Waals surface area contributed by atoms with Crippen molar-refractivity contribution in [2.45, 2.75) is 336 Å². The van der Waals surface area contributed by atoms with Crippen LogP contribution in [-0.4, -0.2) is 37.2 Å². The zero-order valence-electron chi connectivity index (χ0n) is 44.6. The first-order valence-corrected chi connectivity index (χ1v) is 29.3. The van der Waals surface area contributed by atoms with Crippen molar-refractivity contribution in [3.8, 4) is 0 Å². The molecule has 0 fully saturated rings. The zero-order chi connectivity index (χ0) is 47.5. The Balaban J connectivity index is 4.31. The van der Waals surface area contributed by atoms with Gasteiger partial charge in [0.25, 0.3) is 0 Å². The maximum atomic E-state index is 12.9. The maximum absolute atomic E-state index is 12.9. The lowest BCUT2D eigenvalue weighted by Gasteiger charge is -2.18. The number of carbonyl (C=O) groups is 3. The summed E-state index contributed by atoms with van der Waals surface area (Å²) in [5.74, 6) is 0.871. The van der Waals surface area contributed by atoms with E-state index in [-0.39, 0.29) is 31.1 Å². The minimum atomic E-state index is -0.763. The van der Waals surface area contributed by atoms with E-state index in [1.165, 1.54) is 218 Å². The van der Waals surface area contributed by atoms with E-state index in [0.717, 1.165) is 69.6 Å². The highest BCUT2D eigenvalue weighted by Crippen LogP contribution is 2.19. The Labute approximate surface area is 406 Å². The lowest BCUT2D eigenvalue weighted by Crippen LogP contribution is -2.30. The third-order valence-electron chi connectivity index (χ3n) is 13.8. The topological polar surface area (TPSA) is 78.9 Å². The molecule has 2 atom stereocenters. The highest BCUT2D eigenvalue weighted by Gasteiger charge is 2.19. The molecule has 65 heavy (non-hydrogen) atoms. The SMILES string of the molecule is CCCCCCCCCCCCCCCCCCCC(=O)O[C@H](COC(=O)CCCCCCCCCCCCCCCC(C)C)COC(=O)CCCCCCCCCCCCC(C)CC. The normalized spacial score (nSPS) is 12.5. The summed E-state index contributed by atoms with van der Waals surface area (Å²) in [6.45, 7) is 11.4. The minimum Gasteiger partial charge on any atom is -0.462 e. The van der Waals surface area contributed by atoms with Crippen molar-refractivity contribution in [2.24, 2.45) is 11.8 Å². The summed E-state index contributed by atoms with van der Waals surface area (Å²) in [7, 11) is 0. The van der Waals surface area contributed by atoms with E-state index in [4.69, 9.17) is 14.2 Å². The van der Waals surface area contributed by atoms with Crippen molar-refractivity contribution >= 4 is 17.9 Å². The minimum absolute atomic E-state index is 0.0628. The predicted octanol–water partition coefficient (Wildman–Crippen LogP) is 19.3. The van der Waals surface area contributed by atoms with E-state index >= 15 is 0 Å². The van der Waals surface area contributed by atoms with Gasteiger partial charge in [0.2, 0.25) is 0 Å². The average Bonchev–Trinajstić information content (AvgIpc) is 3.29. The molecule has 0 radical (unpaired) electrons. The summed E-state index contributed by atoms with van der Waals surface area (Å²) in [4.78, 5) is 38.2. The van der Waals surface area contributed by atoms with Crippen LogP contribution in [0.25, 0.3) is 0 Å². The van der Waals surface area contributed by atoms with Gasteiger partial charge in [0.05, 0.1) is 0 Å². The summed E-state index contributed by atoms with van der Waals surface area (Å²) < 4.78 is 16.9. The molecule has 0 saturated heterocycles. The second kappa shape index (κ2) is 51.8. The molecule has 0 saturated carbocycles. The summed E-state index contributed by atoms with van der Waals surface area (Å²) in [5.41, 5.74) is 0. The van der Waals surface area contributed by atoms with E-state index in [2.05, 4.69) is 34.6 Å². The quantitative estimate of drug-likeness (QED) is 0.0344. The fourth-order valence-corrected chi connectivity index (χ4v) is 9.02. The van der Waals surface area contributed by atoms with E-state index in [1.54, 1.807) is 0 Å². The van der Waals surface area contributed by atoms with Crippen molar-refractivity contribution in [1.29, 1.82) is 0 Å². The molecular weight excluding hydrogens is 805 g/mol. The maximum Gasteiger partial charge on any atom is 0.306 e. The van der Waals surface area contributed by atoms with Gasteiger partial charge in [-0.1, -0.05) is 291 Å². The van der Waals surface area contributed by atoms with Crippen LogP contribution in [0.3, 0.4) is 0 Å². The van der Waals surface area contributed by atoms with Crippen LogP contribution in [0.1, 0.15) is 330 Å². The van der Waals surface area contributed by atoms with Crippen LogP contribution in [-0.2, 0) is 28.6 Å². The standard InChI is InChI=1S/C59H114O6/c1-6-8-9-10-11-12-13-14-15-16-17-20-24-31-36-41-46-51-59(62)65-56(53-64-58(61)50-45-40-35-30-26-25-28-33-38-43-48-55(5)7-2)52-63-57(60)49-44-39-34-29-23-21-18-19-22-27-32-37-42-47-54(3)4/h54-56H,6-53H2,1-5H3/t55?,56-/m1/s1. The molecule has 0 aromatic rings. The van der Waals surface area contributed by atoms with Gasteiger partial charge in [0, 0.05) is 19.3 Å². The lowest BCUT2D eigenvalue weighted by atomic mass is 9.99. The van der Waals surface area contributed by atoms with Crippen LogP contribution in [0.5, 0.6) is 0 Å². The molecule has 6 heteroatoms. The first kappa shape index (κ1) is 63.4. The van der Waals surface area contributed by atoms with E-state index in [0.29, 0.717) is 19.3 Å². The number of rotatable bonds is 53. The molecule has 0 aliphatic heterocycles. The second-order valence-corrected chi connectivity index (χ2v) is 21.0. The Hall–Kier alpha value is -1.59. The first-order valence-electron chi connectivity index (χ1n) is 29.3. The van der Waals surface area contributed by atoms with Gasteiger partial charge in [0.1, 0.15) is 13.2 Å². The number of hydrogen-bond donors (Lipinski definition) is 0. The first-order chi connectivity index (χ1) is 31.8. The number of esters is 3. The monoisotopic (exact) mass is 919 g/mol. The van der Waals surface area contributed by atoms with Gasteiger partial charge in [-0.3, -0.25) is 14.4 Å². The van der Waals surface area contributed by atoms with Crippen molar-refractivity contribution in [1.82, 2.24) is 0 Å². The van der Waals surface area contributed by atoms with Crippen molar-refractivity contribution in [3.05, 3.63) is 0 Å². The Kier molecular flexibility index (Phi) is 50.5. The number of hydrogen-bond acceptors (Lipinski definition) is 6. The zero-order valence-corrected chi connectivity index (χ0v) is 44.6. The van der Waals surface area contributed by atoms with Gasteiger partial charge in [-0.15, -0.1) is 0 Å². The molecule has 6 nitrogen and oxygen atoms in total. The smallest absolute Gasteiger partial charge is 0.306 e. The van der Waals surface area contributed by atoms with Gasteiger partial charge in [-0.25, -0.2) is 0 Å². The van der Waals surface area contributed by atoms with Gasteiger partial charge < -0.3 is 14.2 Å². The molecule has 0 spiro atoms. The Morgan fingerprint density at radius 1 is 0.323 bits per heavy atom. The van der Waals surface area contributed by atoms with Gasteiger partial charge in [0.15, 0.2) is 6.10 Å². The molecule has 0 rings (SSSR count). The van der Waals surface area contributed by atoms with Crippen molar-refractivity contribution in [2.75, 3.05) is 13.2 Å². The van der Waals surface area contributed by atoms with Gasteiger partial charge >= 0.3 is 17.9 Å². The van der Waals surface area contributed by atoms with E-state index in [9.17, 15) is 14.4 Å². The Morgan fingerprint density at radius 2 is 0.585 bits per heavy atom. The van der Waals surface area contributed by atoms with Crippen LogP contribution in [0.4, 0.5) is 0 Å². The Morgan fingerprint density at radius 3 is 0.877 bits per heavy atom. The van der Waals surface area contributed by atoms with Gasteiger partial charge in [-0.2, -0.15) is 0 Å². The van der Waals surface area contributed by atoms with Crippen LogP contribution in [0.2, 0.25) is 0 Å². The average molecular weight is 920 g/mol. The summed E-state index contributed by atoms with van der Waals surface area (Å²) >= 11 is 0. The summed E-state index contributed by atoms with van der Waals surface area (Å²) in [6.07, 6.45) is 55.1. The summed E-state index contributed by atoms with van der Waals surface area (Å²) in [5, 5.41) is 0. The largest absolute Gasteiger partial charge is 0.462 e. The fraction of sp³-hybridized carbons (Fsp3) is 0.949. The number of ether oxygens (including phenoxy) is 3. The fourth-order valence-electron chi connectivity index (χ4n) is 9.02. The Bertz CT molecular complexity index is 995. The molecule has 0 bridgehead atoms. The van der Waals surface area contributed by atoms with Crippen LogP contribution in [0, 0.1) is 11.8 Å². The molecule has 1 unspecified atom stereocenters. The summed E-state index contributed by atoms with van der Waals surface area (Å²) in [6, 6.07) is 0. The third kappa shape index (κ3) is 51.6. The second-order valence-electron chi connectivity index (χ2n) is 21.0. The molecule has 0 heterocycles. The highest BCUT2D eigenvalue weighted by atomic mass is 16.6. The van der Waals surface area contributed by atoms with Crippen LogP contribution >= 0.6 is 0 Å². The van der Waals surface area contributed by atoms with Gasteiger partial charge in [-0.05, 0) is 31.1 Å². The molecule has 0 aromatic heterocycles.